The number of hydrogen-bond donors (Lipinski definition) is 1. The molecule has 3 rings (SSSR count). The Bertz CT molecular complexity index is 1080. The molecule has 1 heterocycles. The Morgan fingerprint density at radius 3 is 2.67 bits per heavy atom. The van der Waals surface area contributed by atoms with E-state index >= 15 is 0 Å². The van der Waals surface area contributed by atoms with Crippen LogP contribution in [0.4, 0.5) is 11.4 Å². The number of aromatic nitrogens is 3. The predicted octanol–water partition coefficient (Wildman–Crippen LogP) is 4.61. The number of rotatable bonds is 8. The highest BCUT2D eigenvalue weighted by atomic mass is 32.2. The maximum atomic E-state index is 12.4. The van der Waals surface area contributed by atoms with Gasteiger partial charge in [-0.05, 0) is 38.0 Å². The van der Waals surface area contributed by atoms with Crippen LogP contribution in [0.2, 0.25) is 0 Å². The van der Waals surface area contributed by atoms with Gasteiger partial charge >= 0.3 is 0 Å². The number of nitro groups is 1. The number of nitro benzene ring substituents is 1. The van der Waals surface area contributed by atoms with E-state index in [0.717, 1.165) is 29.9 Å². The van der Waals surface area contributed by atoms with Crippen LogP contribution in [0.15, 0.2) is 47.6 Å². The third-order valence-corrected chi connectivity index (χ3v) is 5.43. The molecule has 0 unspecified atom stereocenters. The maximum Gasteiger partial charge on any atom is 0.269 e. The van der Waals surface area contributed by atoms with Crippen LogP contribution in [0.1, 0.15) is 24.5 Å². The van der Waals surface area contributed by atoms with E-state index in [9.17, 15) is 14.9 Å². The van der Waals surface area contributed by atoms with Gasteiger partial charge in [-0.1, -0.05) is 42.4 Å². The van der Waals surface area contributed by atoms with Gasteiger partial charge < -0.3 is 9.88 Å². The van der Waals surface area contributed by atoms with Gasteiger partial charge in [0.2, 0.25) is 5.91 Å². The van der Waals surface area contributed by atoms with Crippen LogP contribution < -0.4 is 5.32 Å². The molecule has 1 aromatic heterocycles. The number of amides is 1. The lowest BCUT2D eigenvalue weighted by molar-refractivity contribution is -0.384. The zero-order valence-corrected chi connectivity index (χ0v) is 17.9. The molecule has 0 spiro atoms. The molecule has 8 nitrogen and oxygen atoms in total. The summed E-state index contributed by atoms with van der Waals surface area (Å²) in [4.78, 5) is 22.8. The lowest BCUT2D eigenvalue weighted by Crippen LogP contribution is -2.15. The van der Waals surface area contributed by atoms with Crippen molar-refractivity contribution in [1.82, 2.24) is 14.8 Å². The standard InChI is InChI=1S/C21H23N5O3S/c1-4-10-25-20(16-7-5-6-14(2)11-16)23-24-21(25)30-13-19(27)22-18-9-8-17(26(28)29)12-15(18)3/h5-9,11-12H,4,10,13H2,1-3H3,(H,22,27). The number of carbonyl (C=O) groups is 1. The van der Waals surface area contributed by atoms with Crippen molar-refractivity contribution in [3.05, 3.63) is 63.7 Å². The zero-order chi connectivity index (χ0) is 21.7. The van der Waals surface area contributed by atoms with E-state index in [1.165, 1.54) is 23.9 Å². The van der Waals surface area contributed by atoms with Crippen LogP contribution in [0.25, 0.3) is 11.4 Å². The highest BCUT2D eigenvalue weighted by Crippen LogP contribution is 2.26. The summed E-state index contributed by atoms with van der Waals surface area (Å²) in [6.45, 7) is 6.59. The number of benzene rings is 2. The highest BCUT2D eigenvalue weighted by Gasteiger charge is 2.16. The Balaban J connectivity index is 1.71. The Kier molecular flexibility index (Phi) is 6.83. The van der Waals surface area contributed by atoms with E-state index in [1.54, 1.807) is 13.0 Å². The highest BCUT2D eigenvalue weighted by molar-refractivity contribution is 7.99. The number of hydrogen-bond acceptors (Lipinski definition) is 6. The van der Waals surface area contributed by atoms with Crippen LogP contribution in [0.5, 0.6) is 0 Å². The van der Waals surface area contributed by atoms with Crippen molar-refractivity contribution in [3.63, 3.8) is 0 Å². The molecule has 0 aliphatic rings. The lowest BCUT2D eigenvalue weighted by Gasteiger charge is -2.10. The fourth-order valence-corrected chi connectivity index (χ4v) is 3.80. The second kappa shape index (κ2) is 9.53. The quantitative estimate of drug-likeness (QED) is 0.321. The Hall–Kier alpha value is -3.20. The van der Waals surface area contributed by atoms with Gasteiger partial charge in [-0.25, -0.2) is 0 Å². The molecule has 0 aliphatic heterocycles. The molecule has 156 valence electrons. The smallest absolute Gasteiger partial charge is 0.269 e. The van der Waals surface area contributed by atoms with Crippen molar-refractivity contribution in [2.45, 2.75) is 38.9 Å². The molecule has 0 radical (unpaired) electrons. The summed E-state index contributed by atoms with van der Waals surface area (Å²) >= 11 is 1.32. The van der Waals surface area contributed by atoms with Crippen LogP contribution in [-0.4, -0.2) is 31.3 Å². The molecule has 1 amide bonds. The number of carbonyl (C=O) groups excluding carboxylic acids is 1. The summed E-state index contributed by atoms with van der Waals surface area (Å²) in [5, 5.41) is 23.0. The lowest BCUT2D eigenvalue weighted by atomic mass is 10.1. The van der Waals surface area contributed by atoms with Gasteiger partial charge in [0.25, 0.3) is 5.69 Å². The van der Waals surface area contributed by atoms with Crippen molar-refractivity contribution in [1.29, 1.82) is 0 Å². The van der Waals surface area contributed by atoms with Gasteiger partial charge in [0.15, 0.2) is 11.0 Å². The van der Waals surface area contributed by atoms with Crippen LogP contribution in [-0.2, 0) is 11.3 Å². The number of non-ortho nitro benzene ring substituents is 1. The molecule has 0 atom stereocenters. The van der Waals surface area contributed by atoms with Gasteiger partial charge in [-0.15, -0.1) is 10.2 Å². The third-order valence-electron chi connectivity index (χ3n) is 4.47. The molecule has 30 heavy (non-hydrogen) atoms. The van der Waals surface area contributed by atoms with Crippen molar-refractivity contribution in [3.8, 4) is 11.4 Å². The van der Waals surface area contributed by atoms with Gasteiger partial charge in [-0.2, -0.15) is 0 Å². The van der Waals surface area contributed by atoms with E-state index < -0.39 is 4.92 Å². The molecule has 0 fully saturated rings. The minimum Gasteiger partial charge on any atom is -0.325 e. The summed E-state index contributed by atoms with van der Waals surface area (Å²) in [5.41, 5.74) is 3.33. The maximum absolute atomic E-state index is 12.4. The summed E-state index contributed by atoms with van der Waals surface area (Å²) in [7, 11) is 0. The molecule has 1 N–H and O–H groups in total. The first-order valence-corrected chi connectivity index (χ1v) is 10.6. The van der Waals surface area contributed by atoms with Crippen LogP contribution in [0, 0.1) is 24.0 Å². The normalized spacial score (nSPS) is 10.8. The van der Waals surface area contributed by atoms with E-state index in [2.05, 4.69) is 28.5 Å². The van der Waals surface area contributed by atoms with Gasteiger partial charge in [0, 0.05) is 29.9 Å². The molecule has 2 aromatic carbocycles. The van der Waals surface area contributed by atoms with Crippen molar-refractivity contribution < 1.29 is 9.72 Å². The van der Waals surface area contributed by atoms with Crippen molar-refractivity contribution >= 4 is 29.0 Å². The first-order chi connectivity index (χ1) is 14.4. The predicted molar refractivity (Wildman–Crippen MR) is 118 cm³/mol. The van der Waals surface area contributed by atoms with Crippen molar-refractivity contribution in [2.24, 2.45) is 0 Å². The van der Waals surface area contributed by atoms with Crippen LogP contribution in [0.3, 0.4) is 0 Å². The second-order valence-corrected chi connectivity index (χ2v) is 7.86. The second-order valence-electron chi connectivity index (χ2n) is 6.92. The number of anilines is 1. The zero-order valence-electron chi connectivity index (χ0n) is 17.1. The van der Waals surface area contributed by atoms with E-state index in [0.29, 0.717) is 16.4 Å². The SMILES string of the molecule is CCCn1c(SCC(=O)Nc2ccc([N+](=O)[O-])cc2C)nnc1-c1cccc(C)c1. The minimum atomic E-state index is -0.458. The number of aryl methyl sites for hydroxylation is 2. The summed E-state index contributed by atoms with van der Waals surface area (Å²) < 4.78 is 2.03. The molecule has 0 saturated heterocycles. The Morgan fingerprint density at radius 1 is 1.20 bits per heavy atom. The monoisotopic (exact) mass is 425 g/mol. The number of thioether (sulfide) groups is 1. The number of nitrogens with zero attached hydrogens (tertiary/aromatic N) is 4. The van der Waals surface area contributed by atoms with E-state index in [4.69, 9.17) is 0 Å². The molecule has 0 saturated carbocycles. The fraction of sp³-hybridized carbons (Fsp3) is 0.286. The average molecular weight is 426 g/mol. The molecular formula is C21H23N5O3S. The van der Waals surface area contributed by atoms with Crippen molar-refractivity contribution in [2.75, 3.05) is 11.1 Å². The molecule has 3 aromatic rings. The largest absolute Gasteiger partial charge is 0.325 e. The van der Waals surface area contributed by atoms with Crippen LogP contribution >= 0.6 is 11.8 Å². The molecule has 9 heteroatoms. The summed E-state index contributed by atoms with van der Waals surface area (Å²) in [6, 6.07) is 12.4. The van der Waals surface area contributed by atoms with Gasteiger partial charge in [-0.3, -0.25) is 14.9 Å². The third kappa shape index (κ3) is 5.04. The Labute approximate surface area is 178 Å². The van der Waals surface area contributed by atoms with E-state index in [1.807, 2.05) is 29.7 Å². The first-order valence-electron chi connectivity index (χ1n) is 9.57. The average Bonchev–Trinajstić information content (AvgIpc) is 3.11. The molecular weight excluding hydrogens is 402 g/mol. The van der Waals surface area contributed by atoms with Gasteiger partial charge in [0.1, 0.15) is 0 Å². The fourth-order valence-electron chi connectivity index (χ4n) is 3.04. The van der Waals surface area contributed by atoms with E-state index in [-0.39, 0.29) is 17.3 Å². The Morgan fingerprint density at radius 2 is 2.00 bits per heavy atom. The summed E-state index contributed by atoms with van der Waals surface area (Å²) in [5.74, 6) is 0.737. The molecule has 0 aliphatic carbocycles. The first kappa shape index (κ1) is 21.5. The number of nitrogens with one attached hydrogen (secondary N) is 1. The minimum absolute atomic E-state index is 0.00350. The topological polar surface area (TPSA) is 103 Å². The summed E-state index contributed by atoms with van der Waals surface area (Å²) in [6.07, 6.45) is 0.915. The van der Waals surface area contributed by atoms with Gasteiger partial charge in [0.05, 0.1) is 10.7 Å². The molecule has 0 bridgehead atoms.